The number of rotatable bonds is 8. The molecule has 2 fully saturated rings. The second-order valence-corrected chi connectivity index (χ2v) is 10.6. The van der Waals surface area contributed by atoms with Crippen molar-refractivity contribution >= 4 is 23.3 Å². The van der Waals surface area contributed by atoms with Crippen molar-refractivity contribution in [3.63, 3.8) is 0 Å². The van der Waals surface area contributed by atoms with Gasteiger partial charge >= 0.3 is 0 Å². The first-order chi connectivity index (χ1) is 17.9. The van der Waals surface area contributed by atoms with Gasteiger partial charge in [0, 0.05) is 36.8 Å². The molecule has 2 aliphatic rings. The second-order valence-electron chi connectivity index (χ2n) is 10.1. The Morgan fingerprint density at radius 3 is 2.35 bits per heavy atom. The summed E-state index contributed by atoms with van der Waals surface area (Å²) in [7, 11) is 0. The van der Waals surface area contributed by atoms with Crippen molar-refractivity contribution in [1.29, 1.82) is 5.26 Å². The number of hydrogen-bond acceptors (Lipinski definition) is 6. The number of carbonyl (C=O) groups is 1. The number of carbonyl (C=O) groups excluding carboxylic acids is 1. The van der Waals surface area contributed by atoms with E-state index in [4.69, 9.17) is 17.3 Å². The number of anilines is 1. The van der Waals surface area contributed by atoms with E-state index in [9.17, 15) is 15.2 Å². The smallest absolute Gasteiger partial charge is 0.228 e. The van der Waals surface area contributed by atoms with Crippen molar-refractivity contribution in [3.05, 3.63) is 70.9 Å². The van der Waals surface area contributed by atoms with E-state index < -0.39 is 11.8 Å². The van der Waals surface area contributed by atoms with Gasteiger partial charge < -0.3 is 16.2 Å². The van der Waals surface area contributed by atoms with E-state index in [2.05, 4.69) is 45.7 Å². The number of aliphatic hydroxyl groups is 1. The molecule has 9 heteroatoms. The minimum absolute atomic E-state index is 0.00415. The predicted octanol–water partition coefficient (Wildman–Crippen LogP) is 4.41. The molecule has 3 aromatic rings. The number of halogens is 1. The van der Waals surface area contributed by atoms with Crippen molar-refractivity contribution in [3.8, 4) is 17.2 Å². The summed E-state index contributed by atoms with van der Waals surface area (Å²) in [5, 5.41) is 27.9. The summed E-state index contributed by atoms with van der Waals surface area (Å²) >= 11 is 6.01. The minimum atomic E-state index is -1.27. The van der Waals surface area contributed by atoms with Crippen LogP contribution in [0.25, 0.3) is 11.1 Å². The molecular formula is C28H31ClN6O2. The van der Waals surface area contributed by atoms with Crippen LogP contribution < -0.4 is 11.1 Å². The van der Waals surface area contributed by atoms with Crippen LogP contribution in [0.3, 0.4) is 0 Å². The Labute approximate surface area is 221 Å². The van der Waals surface area contributed by atoms with E-state index in [0.717, 1.165) is 61.5 Å². The number of nitrogens with two attached hydrogens (primary N) is 1. The maximum absolute atomic E-state index is 12.3. The first-order valence-electron chi connectivity index (χ1n) is 12.7. The van der Waals surface area contributed by atoms with Gasteiger partial charge in [-0.05, 0) is 54.5 Å². The van der Waals surface area contributed by atoms with Crippen LogP contribution in [-0.2, 0) is 16.9 Å². The van der Waals surface area contributed by atoms with Crippen LogP contribution in [0.5, 0.6) is 0 Å². The van der Waals surface area contributed by atoms with Gasteiger partial charge in [0.25, 0.3) is 0 Å². The second kappa shape index (κ2) is 10.6. The summed E-state index contributed by atoms with van der Waals surface area (Å²) in [6.45, 7) is 2.41. The third-order valence-electron chi connectivity index (χ3n) is 7.47. The molecule has 1 saturated heterocycles. The van der Waals surface area contributed by atoms with E-state index in [1.165, 1.54) is 5.56 Å². The molecular weight excluding hydrogens is 488 g/mol. The number of nitriles is 1. The number of amides is 1. The van der Waals surface area contributed by atoms with E-state index >= 15 is 0 Å². The van der Waals surface area contributed by atoms with Gasteiger partial charge in [0.2, 0.25) is 5.91 Å². The lowest BCUT2D eigenvalue weighted by molar-refractivity contribution is -0.117. The number of hydrogen-bond donors (Lipinski definition) is 3. The molecule has 1 amide bonds. The highest BCUT2D eigenvalue weighted by Crippen LogP contribution is 2.36. The molecule has 0 spiro atoms. The molecule has 8 nitrogen and oxygen atoms in total. The Balaban J connectivity index is 1.27. The zero-order chi connectivity index (χ0) is 26.0. The number of nitrogens with one attached hydrogen (secondary N) is 1. The molecule has 1 aliphatic carbocycles. The average molecular weight is 519 g/mol. The van der Waals surface area contributed by atoms with Crippen LogP contribution in [0, 0.1) is 17.2 Å². The largest absolute Gasteiger partial charge is 0.374 e. The molecule has 1 aromatic heterocycles. The van der Waals surface area contributed by atoms with Gasteiger partial charge in [-0.1, -0.05) is 48.0 Å². The molecule has 5 rings (SSSR count). The van der Waals surface area contributed by atoms with Crippen LogP contribution >= 0.6 is 11.6 Å². The van der Waals surface area contributed by atoms with Crippen molar-refractivity contribution in [1.82, 2.24) is 14.7 Å². The number of nitrogens with zero attached hydrogens (tertiary/aromatic N) is 4. The van der Waals surface area contributed by atoms with E-state index in [1.807, 2.05) is 24.3 Å². The first-order valence-corrected chi connectivity index (χ1v) is 13.0. The summed E-state index contributed by atoms with van der Waals surface area (Å²) in [6.07, 6.45) is 3.89. The molecule has 37 heavy (non-hydrogen) atoms. The van der Waals surface area contributed by atoms with Gasteiger partial charge in [0.1, 0.15) is 6.23 Å². The number of piperidine rings is 1. The standard InChI is InChI=1S/C28H31ClN6O2/c29-23-9-7-21(8-10-23)20-3-1-19(2-4-20)17-34-15-12-28(11-14-30,13-16-34)35-18-24(25(31)36)26(33-35)32-27(37)22-5-6-22/h1-4,7-10,18,22,25,36H,5-6,11-13,15-17,31H2,(H,32,33,37). The Morgan fingerprint density at radius 1 is 1.16 bits per heavy atom. The zero-order valence-electron chi connectivity index (χ0n) is 20.6. The van der Waals surface area contributed by atoms with Gasteiger partial charge in [-0.15, -0.1) is 0 Å². The quantitative estimate of drug-likeness (QED) is 0.380. The highest BCUT2D eigenvalue weighted by molar-refractivity contribution is 6.30. The summed E-state index contributed by atoms with van der Waals surface area (Å²) < 4.78 is 1.75. The fraction of sp³-hybridized carbons (Fsp3) is 0.393. The summed E-state index contributed by atoms with van der Waals surface area (Å²) in [6, 6.07) is 18.7. The average Bonchev–Trinajstić information content (AvgIpc) is 3.66. The fourth-order valence-corrected chi connectivity index (χ4v) is 5.10. The maximum Gasteiger partial charge on any atom is 0.228 e. The lowest BCUT2D eigenvalue weighted by Crippen LogP contribution is -2.46. The Bertz CT molecular complexity index is 1280. The molecule has 4 N–H and O–H groups in total. The van der Waals surface area contributed by atoms with Gasteiger partial charge in [0.05, 0.1) is 23.6 Å². The van der Waals surface area contributed by atoms with Crippen LogP contribution in [-0.4, -0.2) is 38.8 Å². The van der Waals surface area contributed by atoms with Crippen molar-refractivity contribution in [2.75, 3.05) is 18.4 Å². The molecule has 1 aliphatic heterocycles. The Hall–Kier alpha value is -3.22. The Morgan fingerprint density at radius 2 is 1.78 bits per heavy atom. The van der Waals surface area contributed by atoms with Crippen molar-refractivity contribution < 1.29 is 9.90 Å². The zero-order valence-corrected chi connectivity index (χ0v) is 21.4. The first kappa shape index (κ1) is 25.4. The lowest BCUT2D eigenvalue weighted by atomic mass is 9.84. The summed E-state index contributed by atoms with van der Waals surface area (Å²) in [5.74, 6) is 0.190. The normalized spacial score (nSPS) is 18.2. The molecule has 0 bridgehead atoms. The van der Waals surface area contributed by atoms with Crippen LogP contribution in [0.4, 0.5) is 5.82 Å². The summed E-state index contributed by atoms with van der Waals surface area (Å²) in [5.41, 5.74) is 9.13. The molecule has 1 atom stereocenters. The fourth-order valence-electron chi connectivity index (χ4n) is 4.97. The van der Waals surface area contributed by atoms with Gasteiger partial charge in [0.15, 0.2) is 5.82 Å². The van der Waals surface area contributed by atoms with Crippen molar-refractivity contribution in [2.24, 2.45) is 11.7 Å². The molecule has 2 heterocycles. The summed E-state index contributed by atoms with van der Waals surface area (Å²) in [4.78, 5) is 14.7. The molecule has 2 aromatic carbocycles. The molecule has 192 valence electrons. The molecule has 1 saturated carbocycles. The molecule has 0 radical (unpaired) electrons. The highest BCUT2D eigenvalue weighted by Gasteiger charge is 2.39. The lowest BCUT2D eigenvalue weighted by Gasteiger charge is -2.40. The Kier molecular flexibility index (Phi) is 7.31. The third kappa shape index (κ3) is 5.71. The van der Waals surface area contributed by atoms with E-state index in [0.29, 0.717) is 5.56 Å². The van der Waals surface area contributed by atoms with Gasteiger partial charge in [-0.25, -0.2) is 0 Å². The van der Waals surface area contributed by atoms with Gasteiger partial charge in [-0.2, -0.15) is 10.4 Å². The third-order valence-corrected chi connectivity index (χ3v) is 7.72. The van der Waals surface area contributed by atoms with Gasteiger partial charge in [-0.3, -0.25) is 14.4 Å². The predicted molar refractivity (Wildman–Crippen MR) is 142 cm³/mol. The SMILES string of the molecule is N#CCC1(n2cc(C(N)O)c(NC(=O)C3CC3)n2)CCN(Cc2ccc(-c3ccc(Cl)cc3)cc2)CC1. The number of likely N-dealkylation sites (tertiary alicyclic amines) is 1. The topological polar surface area (TPSA) is 120 Å². The maximum atomic E-state index is 12.3. The monoisotopic (exact) mass is 518 g/mol. The number of aromatic nitrogens is 2. The van der Waals surface area contributed by atoms with Crippen LogP contribution in [0.15, 0.2) is 54.7 Å². The van der Waals surface area contributed by atoms with Crippen LogP contribution in [0.2, 0.25) is 5.02 Å². The van der Waals surface area contributed by atoms with E-state index in [-0.39, 0.29) is 24.1 Å². The number of benzene rings is 2. The van der Waals surface area contributed by atoms with Crippen molar-refractivity contribution in [2.45, 2.75) is 50.4 Å². The van der Waals surface area contributed by atoms with E-state index in [1.54, 1.807) is 10.9 Å². The van der Waals surface area contributed by atoms with Crippen LogP contribution in [0.1, 0.15) is 49.5 Å². The molecule has 1 unspecified atom stereocenters. The number of aliphatic hydroxyl groups excluding tert-OH is 1. The minimum Gasteiger partial charge on any atom is -0.374 e. The highest BCUT2D eigenvalue weighted by atomic mass is 35.5.